The monoisotopic (exact) mass is 814 g/mol. The number of rotatable bonds is 8. The molecule has 306 valence electrons. The van der Waals surface area contributed by atoms with Gasteiger partial charge in [0.05, 0.1) is 63.0 Å². The Hall–Kier alpha value is -7.18. The average Bonchev–Trinajstić information content (AvgIpc) is 4.11. The smallest absolute Gasteiger partial charge is 0.237 e. The highest BCUT2D eigenvalue weighted by Crippen LogP contribution is 2.43. The molecule has 6 aromatic heterocycles. The Bertz CT molecular complexity index is 2830. The third kappa shape index (κ3) is 6.08. The lowest BCUT2D eigenvalue weighted by Crippen LogP contribution is -2.53. The van der Waals surface area contributed by atoms with Crippen molar-refractivity contribution in [3.63, 3.8) is 0 Å². The number of benzene rings is 2. The molecule has 0 saturated carbocycles. The molecule has 61 heavy (non-hydrogen) atoms. The van der Waals surface area contributed by atoms with Crippen molar-refractivity contribution >= 4 is 11.6 Å². The van der Waals surface area contributed by atoms with E-state index in [9.17, 15) is 0 Å². The highest BCUT2D eigenvalue weighted by atomic mass is 16.5. The van der Waals surface area contributed by atoms with E-state index < -0.39 is 0 Å². The minimum atomic E-state index is 0.0849. The Morgan fingerprint density at radius 3 is 1.64 bits per heavy atom. The predicted octanol–water partition coefficient (Wildman–Crippen LogP) is 5.47. The molecule has 0 radical (unpaired) electrons. The first-order valence-electron chi connectivity index (χ1n) is 20.6. The zero-order valence-corrected chi connectivity index (χ0v) is 33.8. The van der Waals surface area contributed by atoms with Crippen molar-refractivity contribution in [3.8, 4) is 46.0 Å². The van der Waals surface area contributed by atoms with Gasteiger partial charge in [-0.2, -0.15) is 9.97 Å². The molecule has 0 spiro atoms. The summed E-state index contributed by atoms with van der Waals surface area (Å²) in [7, 11) is 0. The van der Waals surface area contributed by atoms with E-state index in [0.29, 0.717) is 38.3 Å². The van der Waals surface area contributed by atoms with Gasteiger partial charge in [-0.1, -0.05) is 74.5 Å². The number of nitrogens with zero attached hydrogens (tertiary/aromatic N) is 16. The van der Waals surface area contributed by atoms with Crippen molar-refractivity contribution in [3.05, 3.63) is 122 Å². The Morgan fingerprint density at radius 1 is 0.590 bits per heavy atom. The fraction of sp³-hybridized carbons (Fsp3) is 0.302. The molecule has 18 heteroatoms. The Kier molecular flexibility index (Phi) is 9.14. The van der Waals surface area contributed by atoms with Gasteiger partial charge in [0.2, 0.25) is 11.9 Å². The van der Waals surface area contributed by atoms with E-state index in [2.05, 4.69) is 63.6 Å². The third-order valence-electron chi connectivity index (χ3n) is 11.7. The van der Waals surface area contributed by atoms with Gasteiger partial charge < -0.3 is 19.3 Å². The molecule has 2 fully saturated rings. The average molecular weight is 815 g/mol. The molecule has 18 nitrogen and oxygen atoms in total. The fourth-order valence-electron chi connectivity index (χ4n) is 8.66. The molecule has 12 rings (SSSR count). The maximum atomic E-state index is 5.53. The first kappa shape index (κ1) is 36.9. The van der Waals surface area contributed by atoms with Crippen LogP contribution in [0, 0.1) is 6.92 Å². The molecule has 0 N–H and O–H groups in total. The van der Waals surface area contributed by atoms with Crippen molar-refractivity contribution in [1.82, 2.24) is 68.6 Å². The van der Waals surface area contributed by atoms with E-state index >= 15 is 0 Å². The summed E-state index contributed by atoms with van der Waals surface area (Å²) in [5.41, 5.74) is 3.82. The Labute approximate surface area is 350 Å². The second kappa shape index (κ2) is 15.1. The number of hydrogen-bond donors (Lipinski definition) is 0. The summed E-state index contributed by atoms with van der Waals surface area (Å²) in [5.74, 6) is 7.23. The molecular formula is C43H42N16O2. The minimum absolute atomic E-state index is 0.0849. The van der Waals surface area contributed by atoms with Crippen LogP contribution in [0.5, 0.6) is 0 Å². The van der Waals surface area contributed by atoms with Crippen LogP contribution in [0.1, 0.15) is 56.2 Å². The SMILES string of the molecule is CC[C@@H]1c2nnc(C)n2-c2cnc(-n3ccnc3-c3ccccc3)nc2N1C1COC1.CC[C@@H]1c2nncn2-c2cnc(-n3ccnc3-c3ccccc3)nc2N1C1COC1. The summed E-state index contributed by atoms with van der Waals surface area (Å²) in [5, 5.41) is 17.4. The lowest BCUT2D eigenvalue weighted by Gasteiger charge is -2.45. The normalized spacial score (nSPS) is 18.0. The summed E-state index contributed by atoms with van der Waals surface area (Å²) in [4.78, 5) is 33.2. The van der Waals surface area contributed by atoms with E-state index in [1.54, 1.807) is 18.7 Å². The van der Waals surface area contributed by atoms with Crippen LogP contribution in [0.3, 0.4) is 0 Å². The molecule has 2 saturated heterocycles. The zero-order chi connectivity index (χ0) is 41.0. The molecule has 4 aliphatic heterocycles. The minimum Gasteiger partial charge on any atom is -0.377 e. The van der Waals surface area contributed by atoms with Gasteiger partial charge in [0, 0.05) is 35.9 Å². The number of aromatic nitrogens is 14. The van der Waals surface area contributed by atoms with E-state index in [4.69, 9.17) is 24.4 Å². The Balaban J connectivity index is 0.000000138. The molecule has 0 unspecified atom stereocenters. The lowest BCUT2D eigenvalue weighted by molar-refractivity contribution is 0.00334. The van der Waals surface area contributed by atoms with Gasteiger partial charge in [-0.3, -0.25) is 18.3 Å². The van der Waals surface area contributed by atoms with Gasteiger partial charge in [-0.25, -0.2) is 19.9 Å². The zero-order valence-electron chi connectivity index (χ0n) is 33.8. The molecule has 10 heterocycles. The van der Waals surface area contributed by atoms with Gasteiger partial charge in [0.1, 0.15) is 35.2 Å². The van der Waals surface area contributed by atoms with Crippen molar-refractivity contribution in [2.75, 3.05) is 36.2 Å². The number of fused-ring (bicyclic) bond motifs is 6. The third-order valence-corrected chi connectivity index (χ3v) is 11.7. The van der Waals surface area contributed by atoms with Crippen LogP contribution >= 0.6 is 0 Å². The first-order chi connectivity index (χ1) is 30.1. The topological polar surface area (TPSA) is 174 Å². The molecule has 8 aromatic rings. The quantitative estimate of drug-likeness (QED) is 0.189. The van der Waals surface area contributed by atoms with Crippen molar-refractivity contribution < 1.29 is 9.47 Å². The second-order valence-electron chi connectivity index (χ2n) is 15.3. The number of hydrogen-bond acceptors (Lipinski definition) is 14. The first-order valence-corrected chi connectivity index (χ1v) is 20.6. The van der Waals surface area contributed by atoms with Crippen LogP contribution in [0.4, 0.5) is 11.6 Å². The van der Waals surface area contributed by atoms with Gasteiger partial charge in [-0.05, 0) is 19.8 Å². The Morgan fingerprint density at radius 2 is 1.11 bits per heavy atom. The molecule has 2 atom stereocenters. The lowest BCUT2D eigenvalue weighted by atomic mass is 10.0. The van der Waals surface area contributed by atoms with E-state index in [0.717, 1.165) is 76.1 Å². The van der Waals surface area contributed by atoms with Gasteiger partial charge >= 0.3 is 0 Å². The van der Waals surface area contributed by atoms with Crippen LogP contribution in [-0.4, -0.2) is 107 Å². The van der Waals surface area contributed by atoms with Crippen LogP contribution in [-0.2, 0) is 9.47 Å². The molecule has 0 bridgehead atoms. The van der Waals surface area contributed by atoms with Gasteiger partial charge in [0.25, 0.3) is 0 Å². The number of aryl methyl sites for hydroxylation is 1. The molecule has 0 aliphatic carbocycles. The predicted molar refractivity (Wildman–Crippen MR) is 224 cm³/mol. The highest BCUT2D eigenvalue weighted by molar-refractivity contribution is 5.66. The van der Waals surface area contributed by atoms with E-state index in [1.807, 2.05) is 106 Å². The van der Waals surface area contributed by atoms with Crippen molar-refractivity contribution in [2.24, 2.45) is 0 Å². The molecule has 0 amide bonds. The van der Waals surface area contributed by atoms with Crippen molar-refractivity contribution in [1.29, 1.82) is 0 Å². The fourth-order valence-corrected chi connectivity index (χ4v) is 8.66. The van der Waals surface area contributed by atoms with E-state index in [1.165, 1.54) is 0 Å². The standard InChI is InChI=1S/C22H22N8O.C21H20N8O/c1-3-17-21-27-26-14(2)29(21)18-11-24-22(25-20(18)30(17)16-12-31-13-16)28-10-9-23-19(28)15-7-5-4-6-8-15;1-2-16-20-26-24-13-28(20)17-10-23-21(25-19(17)29(16)15-11-30-12-15)27-9-8-22-18(27)14-6-4-3-5-7-14/h4-11,16-17H,3,12-13H2,1-2H3;3-10,13,15-16H,2,11-12H2,1H3/t17-;16-/m11/s1. The summed E-state index contributed by atoms with van der Waals surface area (Å²) >= 11 is 0. The summed E-state index contributed by atoms with van der Waals surface area (Å²) < 4.78 is 19.0. The maximum absolute atomic E-state index is 5.53. The molecule has 4 aliphatic rings. The largest absolute Gasteiger partial charge is 0.377 e. The van der Waals surface area contributed by atoms with Crippen LogP contribution in [0.2, 0.25) is 0 Å². The van der Waals surface area contributed by atoms with Gasteiger partial charge in [0.15, 0.2) is 23.3 Å². The van der Waals surface area contributed by atoms with Crippen LogP contribution in [0.25, 0.3) is 46.0 Å². The number of ether oxygens (including phenoxy) is 2. The summed E-state index contributed by atoms with van der Waals surface area (Å²) in [6.07, 6.45) is 14.6. The highest BCUT2D eigenvalue weighted by Gasteiger charge is 2.42. The number of imidazole rings is 2. The summed E-state index contributed by atoms with van der Waals surface area (Å²) in [6.45, 7) is 9.03. The van der Waals surface area contributed by atoms with Crippen LogP contribution < -0.4 is 9.80 Å². The van der Waals surface area contributed by atoms with Crippen molar-refractivity contribution in [2.45, 2.75) is 57.8 Å². The van der Waals surface area contributed by atoms with E-state index in [-0.39, 0.29) is 24.2 Å². The molecular weight excluding hydrogens is 773 g/mol. The second-order valence-corrected chi connectivity index (χ2v) is 15.3. The van der Waals surface area contributed by atoms with Crippen LogP contribution in [0.15, 0.2) is 104 Å². The van der Waals surface area contributed by atoms with Gasteiger partial charge in [-0.15, -0.1) is 20.4 Å². The molecule has 2 aromatic carbocycles. The summed E-state index contributed by atoms with van der Waals surface area (Å²) in [6, 6.07) is 20.8. The maximum Gasteiger partial charge on any atom is 0.237 e. The number of anilines is 2.